The molecule has 7 atom stereocenters. The van der Waals surface area contributed by atoms with E-state index in [-0.39, 0.29) is 23.5 Å². The number of anilines is 1. The second kappa shape index (κ2) is 8.03. The second-order valence-electron chi connectivity index (χ2n) is 10.4. The molecular weight excluding hydrogens is 360 g/mol. The number of hydrogen-bond acceptors (Lipinski definition) is 4. The SMILES string of the molecule is C=C1CCC2[C@@H](CO)C([C@@]3(C)CC[C@H](O)C[C@@H]3CNc3cccnc3)CC[C@@]12C. The van der Waals surface area contributed by atoms with Gasteiger partial charge in [-0.1, -0.05) is 26.0 Å². The Morgan fingerprint density at radius 3 is 2.76 bits per heavy atom. The van der Waals surface area contributed by atoms with E-state index in [1.165, 1.54) is 18.4 Å². The Morgan fingerprint density at radius 2 is 2.03 bits per heavy atom. The van der Waals surface area contributed by atoms with Gasteiger partial charge < -0.3 is 15.5 Å². The van der Waals surface area contributed by atoms with Gasteiger partial charge in [0, 0.05) is 25.5 Å². The van der Waals surface area contributed by atoms with E-state index in [1.807, 2.05) is 12.3 Å². The van der Waals surface area contributed by atoms with Crippen molar-refractivity contribution in [3.8, 4) is 0 Å². The highest BCUT2D eigenvalue weighted by Gasteiger charge is 2.56. The van der Waals surface area contributed by atoms with Gasteiger partial charge in [0.05, 0.1) is 11.8 Å². The van der Waals surface area contributed by atoms with Crippen molar-refractivity contribution in [2.75, 3.05) is 18.5 Å². The molecule has 3 fully saturated rings. The molecule has 0 aromatic carbocycles. The normalized spacial score (nSPS) is 42.5. The number of allylic oxidation sites excluding steroid dienone is 1. The maximum atomic E-state index is 10.5. The molecule has 3 N–H and O–H groups in total. The Bertz CT molecular complexity index is 723. The van der Waals surface area contributed by atoms with Gasteiger partial charge in [-0.25, -0.2) is 0 Å². The summed E-state index contributed by atoms with van der Waals surface area (Å²) in [4.78, 5) is 4.21. The summed E-state index contributed by atoms with van der Waals surface area (Å²) in [5.41, 5.74) is 2.78. The van der Waals surface area contributed by atoms with Crippen LogP contribution in [0.3, 0.4) is 0 Å². The molecule has 3 aliphatic carbocycles. The summed E-state index contributed by atoms with van der Waals surface area (Å²) >= 11 is 0. The second-order valence-corrected chi connectivity index (χ2v) is 10.4. The van der Waals surface area contributed by atoms with E-state index in [4.69, 9.17) is 0 Å². The molecule has 4 rings (SSSR count). The molecule has 0 spiro atoms. The number of aliphatic hydroxyl groups excluding tert-OH is 2. The number of aromatic nitrogens is 1. The third kappa shape index (κ3) is 3.63. The molecule has 0 bridgehead atoms. The van der Waals surface area contributed by atoms with Crippen LogP contribution in [0.4, 0.5) is 5.69 Å². The van der Waals surface area contributed by atoms with Crippen LogP contribution in [0.2, 0.25) is 0 Å². The molecule has 0 aliphatic heterocycles. The predicted octanol–water partition coefficient (Wildman–Crippen LogP) is 4.65. The van der Waals surface area contributed by atoms with Crippen molar-refractivity contribution in [2.45, 2.75) is 64.9 Å². The van der Waals surface area contributed by atoms with Crippen molar-refractivity contribution >= 4 is 5.69 Å². The van der Waals surface area contributed by atoms with Crippen molar-refractivity contribution in [3.05, 3.63) is 36.7 Å². The minimum Gasteiger partial charge on any atom is -0.396 e. The minimum absolute atomic E-state index is 0.132. The fourth-order valence-corrected chi connectivity index (χ4v) is 7.18. The summed E-state index contributed by atoms with van der Waals surface area (Å²) in [6.45, 7) is 10.3. The molecule has 4 nitrogen and oxygen atoms in total. The Balaban J connectivity index is 1.57. The van der Waals surface area contributed by atoms with E-state index >= 15 is 0 Å². The monoisotopic (exact) mass is 398 g/mol. The first-order valence-electron chi connectivity index (χ1n) is 11.5. The lowest BCUT2D eigenvalue weighted by atomic mass is 9.49. The van der Waals surface area contributed by atoms with Crippen molar-refractivity contribution in [1.82, 2.24) is 4.98 Å². The number of aliphatic hydroxyl groups is 2. The molecule has 160 valence electrons. The van der Waals surface area contributed by atoms with Crippen LogP contribution in [0.5, 0.6) is 0 Å². The Kier molecular flexibility index (Phi) is 5.78. The number of rotatable bonds is 5. The summed E-state index contributed by atoms with van der Waals surface area (Å²) in [6, 6.07) is 4.00. The van der Waals surface area contributed by atoms with Gasteiger partial charge in [0.1, 0.15) is 0 Å². The lowest BCUT2D eigenvalue weighted by Gasteiger charge is -2.56. The third-order valence-electron chi connectivity index (χ3n) is 9.17. The van der Waals surface area contributed by atoms with Crippen LogP contribution >= 0.6 is 0 Å². The molecule has 3 aliphatic rings. The van der Waals surface area contributed by atoms with Crippen molar-refractivity contribution < 1.29 is 10.2 Å². The van der Waals surface area contributed by atoms with E-state index in [2.05, 4.69) is 36.8 Å². The molecule has 0 radical (unpaired) electrons. The van der Waals surface area contributed by atoms with Crippen LogP contribution in [0, 0.1) is 34.5 Å². The fourth-order valence-electron chi connectivity index (χ4n) is 7.18. The molecule has 29 heavy (non-hydrogen) atoms. The van der Waals surface area contributed by atoms with E-state index in [9.17, 15) is 10.2 Å². The van der Waals surface area contributed by atoms with Crippen molar-refractivity contribution in [3.63, 3.8) is 0 Å². The fraction of sp³-hybridized carbons (Fsp3) is 0.720. The maximum Gasteiger partial charge on any atom is 0.0544 e. The largest absolute Gasteiger partial charge is 0.396 e. The van der Waals surface area contributed by atoms with Crippen LogP contribution in [0.15, 0.2) is 36.7 Å². The number of nitrogens with one attached hydrogen (secondary N) is 1. The van der Waals surface area contributed by atoms with Gasteiger partial charge in [0.25, 0.3) is 0 Å². The zero-order chi connectivity index (χ0) is 20.6. The molecule has 0 saturated heterocycles. The average molecular weight is 399 g/mol. The molecule has 1 heterocycles. The first-order chi connectivity index (χ1) is 13.9. The van der Waals surface area contributed by atoms with E-state index in [1.54, 1.807) is 6.20 Å². The van der Waals surface area contributed by atoms with Crippen LogP contribution in [-0.2, 0) is 0 Å². The summed E-state index contributed by atoms with van der Waals surface area (Å²) < 4.78 is 0. The van der Waals surface area contributed by atoms with Crippen LogP contribution in [0.25, 0.3) is 0 Å². The molecule has 2 unspecified atom stereocenters. The minimum atomic E-state index is -0.212. The van der Waals surface area contributed by atoms with E-state index < -0.39 is 0 Å². The lowest BCUT2D eigenvalue weighted by Crippen LogP contribution is -2.52. The maximum absolute atomic E-state index is 10.5. The van der Waals surface area contributed by atoms with Gasteiger partial charge in [-0.05, 0) is 91.6 Å². The van der Waals surface area contributed by atoms with Crippen LogP contribution in [0.1, 0.15) is 58.8 Å². The van der Waals surface area contributed by atoms with E-state index in [0.29, 0.717) is 23.7 Å². The quantitative estimate of drug-likeness (QED) is 0.632. The third-order valence-corrected chi connectivity index (χ3v) is 9.17. The van der Waals surface area contributed by atoms with Gasteiger partial charge in [0.2, 0.25) is 0 Å². The van der Waals surface area contributed by atoms with Gasteiger partial charge in [-0.2, -0.15) is 0 Å². The number of nitrogens with zero attached hydrogens (tertiary/aromatic N) is 1. The highest BCUT2D eigenvalue weighted by molar-refractivity contribution is 5.39. The molecule has 3 saturated carbocycles. The smallest absolute Gasteiger partial charge is 0.0544 e. The zero-order valence-electron chi connectivity index (χ0n) is 18.1. The summed E-state index contributed by atoms with van der Waals surface area (Å²) in [5.74, 6) is 1.78. The Hall–Kier alpha value is -1.39. The standard InChI is InChI=1S/C25H38N2O2/c1-17-6-7-22-21(16-28)23(9-11-24(17,22)2)25(3)10-8-20(29)13-18(25)14-27-19-5-4-12-26-15-19/h4-5,12,15,18,20-23,27-29H,1,6-11,13-14,16H2,2-3H3/t18-,20+,21-,22?,23?,24+,25+/m1/s1. The number of hydrogen-bond donors (Lipinski definition) is 3. The molecule has 0 amide bonds. The summed E-state index contributed by atoms with van der Waals surface area (Å²) in [6.07, 6.45) is 10.8. The highest BCUT2D eigenvalue weighted by atomic mass is 16.3. The van der Waals surface area contributed by atoms with Crippen LogP contribution in [-0.4, -0.2) is 34.5 Å². The first-order valence-corrected chi connectivity index (χ1v) is 11.5. The van der Waals surface area contributed by atoms with Crippen LogP contribution < -0.4 is 5.32 Å². The Morgan fingerprint density at radius 1 is 1.21 bits per heavy atom. The number of fused-ring (bicyclic) bond motifs is 1. The topological polar surface area (TPSA) is 65.4 Å². The van der Waals surface area contributed by atoms with Crippen molar-refractivity contribution in [1.29, 1.82) is 0 Å². The lowest BCUT2D eigenvalue weighted by molar-refractivity contribution is -0.0904. The number of pyridine rings is 1. The van der Waals surface area contributed by atoms with Gasteiger partial charge >= 0.3 is 0 Å². The molecule has 4 heteroatoms. The van der Waals surface area contributed by atoms with Gasteiger partial charge in [-0.3, -0.25) is 4.98 Å². The average Bonchev–Trinajstić information content (AvgIpc) is 3.03. The molecule has 1 aromatic rings. The molecular formula is C25H38N2O2. The predicted molar refractivity (Wildman–Crippen MR) is 117 cm³/mol. The van der Waals surface area contributed by atoms with Gasteiger partial charge in [0.15, 0.2) is 0 Å². The highest BCUT2D eigenvalue weighted by Crippen LogP contribution is 2.63. The first kappa shape index (κ1) is 20.9. The van der Waals surface area contributed by atoms with Gasteiger partial charge in [-0.15, -0.1) is 0 Å². The van der Waals surface area contributed by atoms with Crippen molar-refractivity contribution in [2.24, 2.45) is 34.5 Å². The summed E-state index contributed by atoms with van der Waals surface area (Å²) in [7, 11) is 0. The summed E-state index contributed by atoms with van der Waals surface area (Å²) in [5, 5.41) is 24.5. The van der Waals surface area contributed by atoms with E-state index in [0.717, 1.165) is 44.3 Å². The Labute approximate surface area is 175 Å². The molecule has 1 aromatic heterocycles. The zero-order valence-corrected chi connectivity index (χ0v) is 18.1.